The third-order valence-electron chi connectivity index (χ3n) is 7.46. The number of methoxy groups -OCH3 is 1. The fraction of sp³-hybridized carbons (Fsp3) is 0.464. The summed E-state index contributed by atoms with van der Waals surface area (Å²) in [6, 6.07) is 6.30. The van der Waals surface area contributed by atoms with Crippen LogP contribution in [0.15, 0.2) is 52.2 Å². The first-order chi connectivity index (χ1) is 17.6. The summed E-state index contributed by atoms with van der Waals surface area (Å²) in [7, 11) is 1.72. The van der Waals surface area contributed by atoms with Crippen LogP contribution in [0.1, 0.15) is 50.6 Å². The van der Waals surface area contributed by atoms with Crippen molar-refractivity contribution in [2.45, 2.75) is 51.2 Å². The number of fused-ring (bicyclic) bond motifs is 3. The van der Waals surface area contributed by atoms with Crippen molar-refractivity contribution in [1.82, 2.24) is 19.4 Å². The van der Waals surface area contributed by atoms with Crippen molar-refractivity contribution in [2.24, 2.45) is 4.99 Å². The Hall–Kier alpha value is -3.23. The van der Waals surface area contributed by atoms with Gasteiger partial charge >= 0.3 is 5.69 Å². The maximum absolute atomic E-state index is 12.8. The number of aromatic amines is 1. The van der Waals surface area contributed by atoms with E-state index in [1.165, 1.54) is 25.9 Å². The molecule has 5 rings (SSSR count). The Morgan fingerprint density at radius 2 is 2.08 bits per heavy atom. The van der Waals surface area contributed by atoms with Crippen LogP contribution in [0, 0.1) is 0 Å². The smallest absolute Gasteiger partial charge is 0.326 e. The van der Waals surface area contributed by atoms with E-state index in [1.54, 1.807) is 13.3 Å². The molecule has 0 bridgehead atoms. The largest absolute Gasteiger partial charge is 0.478 e. The van der Waals surface area contributed by atoms with Crippen LogP contribution in [0.5, 0.6) is 0 Å². The van der Waals surface area contributed by atoms with Crippen LogP contribution in [0.3, 0.4) is 0 Å². The summed E-state index contributed by atoms with van der Waals surface area (Å²) < 4.78 is 13.2. The second-order valence-electron chi connectivity index (χ2n) is 9.80. The van der Waals surface area contributed by atoms with Gasteiger partial charge < -0.3 is 19.4 Å². The van der Waals surface area contributed by atoms with Crippen LogP contribution in [-0.2, 0) is 9.47 Å². The molecule has 3 aromatic rings. The standard InChI is InChI=1S/C28H35N5O3/c1-19(7-10-26(29-2)36-14-6-13-32-11-4-5-12-32)20-8-9-24-23(15-20)27-25(18-30-24)31-28(34)33(27)21-16-22(17-21)35-3/h7-10,15,18,21-22H,2,4-6,11-14,16-17H2,1,3H3,(H,31,34)/b19-7+,26-10+. The van der Waals surface area contributed by atoms with Gasteiger partial charge in [-0.15, -0.1) is 0 Å². The molecule has 0 amide bonds. The maximum atomic E-state index is 12.8. The predicted molar refractivity (Wildman–Crippen MR) is 144 cm³/mol. The molecule has 1 aliphatic heterocycles. The molecular formula is C28H35N5O3. The second-order valence-corrected chi connectivity index (χ2v) is 9.80. The van der Waals surface area contributed by atoms with Gasteiger partial charge in [-0.05, 0) is 82.1 Å². The summed E-state index contributed by atoms with van der Waals surface area (Å²) in [6.07, 6.45) is 11.1. The number of nitrogens with zero attached hydrogens (tertiary/aromatic N) is 4. The van der Waals surface area contributed by atoms with Gasteiger partial charge in [0, 0.05) is 31.2 Å². The van der Waals surface area contributed by atoms with Crippen molar-refractivity contribution in [1.29, 1.82) is 0 Å². The number of benzene rings is 1. The third-order valence-corrected chi connectivity index (χ3v) is 7.46. The number of H-pyrrole nitrogens is 1. The molecule has 2 fully saturated rings. The Kier molecular flexibility index (Phi) is 7.34. The number of imidazole rings is 1. The highest BCUT2D eigenvalue weighted by Gasteiger charge is 2.33. The van der Waals surface area contributed by atoms with E-state index in [1.807, 2.05) is 22.8 Å². The topological polar surface area (TPSA) is 84.7 Å². The zero-order chi connectivity index (χ0) is 25.1. The zero-order valence-electron chi connectivity index (χ0n) is 21.2. The highest BCUT2D eigenvalue weighted by atomic mass is 16.5. The summed E-state index contributed by atoms with van der Waals surface area (Å²) in [5, 5.41) is 0.959. The lowest BCUT2D eigenvalue weighted by Crippen LogP contribution is -2.36. The van der Waals surface area contributed by atoms with E-state index in [9.17, 15) is 4.79 Å². The first-order valence-corrected chi connectivity index (χ1v) is 12.8. The molecule has 0 radical (unpaired) electrons. The fourth-order valence-corrected chi connectivity index (χ4v) is 5.25. The summed E-state index contributed by atoms with van der Waals surface area (Å²) in [5.74, 6) is 0.526. The average molecular weight is 490 g/mol. The first-order valence-electron chi connectivity index (χ1n) is 12.8. The molecule has 0 atom stereocenters. The quantitative estimate of drug-likeness (QED) is 0.194. The van der Waals surface area contributed by atoms with E-state index in [2.05, 4.69) is 45.6 Å². The Balaban J connectivity index is 1.36. The van der Waals surface area contributed by atoms with Gasteiger partial charge in [-0.3, -0.25) is 9.55 Å². The zero-order valence-corrected chi connectivity index (χ0v) is 21.2. The van der Waals surface area contributed by atoms with E-state index in [4.69, 9.17) is 9.47 Å². The molecule has 1 aromatic carbocycles. The minimum absolute atomic E-state index is 0.0944. The fourth-order valence-electron chi connectivity index (χ4n) is 5.25. The molecule has 190 valence electrons. The molecule has 3 heterocycles. The first kappa shape index (κ1) is 24.5. The molecule has 1 saturated heterocycles. The molecule has 8 nitrogen and oxygen atoms in total. The predicted octanol–water partition coefficient (Wildman–Crippen LogP) is 4.68. The summed E-state index contributed by atoms with van der Waals surface area (Å²) in [6.45, 7) is 9.81. The highest BCUT2D eigenvalue weighted by molar-refractivity contribution is 6.03. The lowest BCUT2D eigenvalue weighted by molar-refractivity contribution is 0.00653. The molecule has 0 unspecified atom stereocenters. The lowest BCUT2D eigenvalue weighted by Gasteiger charge is -2.34. The second kappa shape index (κ2) is 10.8. The molecule has 1 saturated carbocycles. The number of nitrogens with one attached hydrogen (secondary N) is 1. The van der Waals surface area contributed by atoms with Gasteiger partial charge in [0.05, 0.1) is 35.5 Å². The van der Waals surface area contributed by atoms with Crippen LogP contribution in [0.2, 0.25) is 0 Å². The van der Waals surface area contributed by atoms with Gasteiger partial charge in [0.2, 0.25) is 5.88 Å². The normalized spacial score (nSPS) is 21.3. The van der Waals surface area contributed by atoms with Gasteiger partial charge in [-0.25, -0.2) is 9.79 Å². The minimum atomic E-state index is -0.0944. The van der Waals surface area contributed by atoms with E-state index in [0.717, 1.165) is 58.9 Å². The van der Waals surface area contributed by atoms with Crippen LogP contribution < -0.4 is 5.69 Å². The Bertz CT molecular complexity index is 1360. The number of pyridine rings is 1. The summed E-state index contributed by atoms with van der Waals surface area (Å²) in [4.78, 5) is 26.9. The van der Waals surface area contributed by atoms with Crippen molar-refractivity contribution in [3.63, 3.8) is 0 Å². The number of likely N-dealkylation sites (tertiary alicyclic amines) is 1. The van der Waals surface area contributed by atoms with Gasteiger partial charge in [0.15, 0.2) is 0 Å². The summed E-state index contributed by atoms with van der Waals surface area (Å²) in [5.41, 5.74) is 4.54. The van der Waals surface area contributed by atoms with Crippen molar-refractivity contribution in [2.75, 3.05) is 33.4 Å². The Labute approximate surface area is 211 Å². The van der Waals surface area contributed by atoms with Crippen molar-refractivity contribution >= 4 is 34.2 Å². The molecule has 36 heavy (non-hydrogen) atoms. The summed E-state index contributed by atoms with van der Waals surface area (Å²) >= 11 is 0. The number of ether oxygens (including phenoxy) is 2. The van der Waals surface area contributed by atoms with Crippen LogP contribution in [0.4, 0.5) is 0 Å². The molecule has 0 spiro atoms. The average Bonchev–Trinajstić information content (AvgIpc) is 3.50. The van der Waals surface area contributed by atoms with Crippen molar-refractivity contribution in [3.8, 4) is 0 Å². The van der Waals surface area contributed by atoms with Crippen LogP contribution >= 0.6 is 0 Å². The van der Waals surface area contributed by atoms with E-state index in [-0.39, 0.29) is 17.8 Å². The minimum Gasteiger partial charge on any atom is -0.478 e. The van der Waals surface area contributed by atoms with Gasteiger partial charge in [0.25, 0.3) is 0 Å². The number of hydrogen-bond donors (Lipinski definition) is 1. The number of aliphatic imine (C=N–C) groups is 1. The van der Waals surface area contributed by atoms with Crippen LogP contribution in [-0.4, -0.2) is 65.6 Å². The molecular weight excluding hydrogens is 454 g/mol. The Morgan fingerprint density at radius 3 is 2.83 bits per heavy atom. The number of aromatic nitrogens is 3. The third kappa shape index (κ3) is 5.01. The number of allylic oxidation sites excluding steroid dienone is 3. The molecule has 2 aromatic heterocycles. The monoisotopic (exact) mass is 489 g/mol. The van der Waals surface area contributed by atoms with E-state index >= 15 is 0 Å². The number of hydrogen-bond acceptors (Lipinski definition) is 6. The van der Waals surface area contributed by atoms with E-state index in [0.29, 0.717) is 12.5 Å². The van der Waals surface area contributed by atoms with Crippen molar-refractivity contribution < 1.29 is 9.47 Å². The van der Waals surface area contributed by atoms with Crippen LogP contribution in [0.25, 0.3) is 27.5 Å². The highest BCUT2D eigenvalue weighted by Crippen LogP contribution is 2.36. The molecule has 1 N–H and O–H groups in total. The van der Waals surface area contributed by atoms with Gasteiger partial charge in [-0.2, -0.15) is 0 Å². The lowest BCUT2D eigenvalue weighted by atomic mass is 9.89. The number of rotatable bonds is 10. The molecule has 8 heteroatoms. The van der Waals surface area contributed by atoms with Gasteiger partial charge in [-0.1, -0.05) is 12.1 Å². The maximum Gasteiger partial charge on any atom is 0.326 e. The molecule has 2 aliphatic rings. The Morgan fingerprint density at radius 1 is 1.28 bits per heavy atom. The molecule has 1 aliphatic carbocycles. The SMILES string of the molecule is C=N/C(=C\C=C(/C)c1ccc2ncc3[nH]c(=O)n(C4CC(OC)C4)c3c2c1)OCCCN1CCCC1. The van der Waals surface area contributed by atoms with Gasteiger partial charge in [0.1, 0.15) is 0 Å². The van der Waals surface area contributed by atoms with Crippen molar-refractivity contribution in [3.05, 3.63) is 58.5 Å². The van der Waals surface area contributed by atoms with E-state index < -0.39 is 0 Å².